The molecule has 0 aliphatic rings. The van der Waals surface area contributed by atoms with Crippen molar-refractivity contribution in [3.63, 3.8) is 0 Å². The van der Waals surface area contributed by atoms with Crippen molar-refractivity contribution in [3.8, 4) is 0 Å². The van der Waals surface area contributed by atoms with Gasteiger partial charge >= 0.3 is 0 Å². The highest BCUT2D eigenvalue weighted by atomic mass is 35.5. The summed E-state index contributed by atoms with van der Waals surface area (Å²) in [6.45, 7) is 1.92. The molecular formula is C14H11ClN2O2S2. The standard InChI is InChI=1S/C14H11ClN2O2S2/c1-9-16-13-6-5-11(8-14(13)20-9)17-21(18,19)12-4-2-3-10(15)7-12/h2-8,17H,1H3. The zero-order valence-electron chi connectivity index (χ0n) is 11.0. The summed E-state index contributed by atoms with van der Waals surface area (Å²) < 4.78 is 28.1. The van der Waals surface area contributed by atoms with Crippen LogP contribution in [0.25, 0.3) is 10.2 Å². The molecule has 0 spiro atoms. The van der Waals surface area contributed by atoms with Crippen LogP contribution in [0.2, 0.25) is 5.02 Å². The van der Waals surface area contributed by atoms with Gasteiger partial charge in [0.05, 0.1) is 25.8 Å². The molecule has 0 saturated heterocycles. The molecule has 2 aromatic carbocycles. The molecule has 0 saturated carbocycles. The fourth-order valence-corrected chi connectivity index (χ4v) is 4.17. The first-order valence-corrected chi connectivity index (χ1v) is 8.77. The highest BCUT2D eigenvalue weighted by Gasteiger charge is 2.15. The van der Waals surface area contributed by atoms with E-state index in [0.717, 1.165) is 15.2 Å². The molecule has 7 heteroatoms. The van der Waals surface area contributed by atoms with Crippen LogP contribution in [-0.2, 0) is 10.0 Å². The molecule has 4 nitrogen and oxygen atoms in total. The maximum atomic E-state index is 12.3. The number of benzene rings is 2. The predicted octanol–water partition coefficient (Wildman–Crippen LogP) is 4.06. The molecule has 0 amide bonds. The van der Waals surface area contributed by atoms with Gasteiger partial charge in [0.1, 0.15) is 0 Å². The highest BCUT2D eigenvalue weighted by molar-refractivity contribution is 7.92. The van der Waals surface area contributed by atoms with Crippen molar-refractivity contribution < 1.29 is 8.42 Å². The van der Waals surface area contributed by atoms with Crippen LogP contribution in [0.3, 0.4) is 0 Å². The fourth-order valence-electron chi connectivity index (χ4n) is 1.95. The zero-order valence-corrected chi connectivity index (χ0v) is 13.4. The minimum Gasteiger partial charge on any atom is -0.280 e. The van der Waals surface area contributed by atoms with Gasteiger partial charge in [-0.25, -0.2) is 13.4 Å². The molecule has 0 unspecified atom stereocenters. The SMILES string of the molecule is Cc1nc2ccc(NS(=O)(=O)c3cccc(Cl)c3)cc2s1. The second-order valence-corrected chi connectivity index (χ2v) is 7.83. The van der Waals surface area contributed by atoms with Crippen molar-refractivity contribution >= 4 is 48.9 Å². The molecule has 3 aromatic rings. The molecule has 0 aliphatic heterocycles. The Morgan fingerprint density at radius 1 is 1.19 bits per heavy atom. The van der Waals surface area contributed by atoms with Crippen molar-refractivity contribution in [2.45, 2.75) is 11.8 Å². The number of anilines is 1. The van der Waals surface area contributed by atoms with E-state index in [1.165, 1.54) is 23.5 Å². The molecule has 0 bridgehead atoms. The third-order valence-electron chi connectivity index (χ3n) is 2.85. The Morgan fingerprint density at radius 3 is 2.76 bits per heavy atom. The molecule has 1 aromatic heterocycles. The third-order valence-corrected chi connectivity index (χ3v) is 5.40. The number of nitrogens with one attached hydrogen (secondary N) is 1. The summed E-state index contributed by atoms with van der Waals surface area (Å²) in [6.07, 6.45) is 0. The number of nitrogens with zero attached hydrogens (tertiary/aromatic N) is 1. The molecule has 3 rings (SSSR count). The summed E-state index contributed by atoms with van der Waals surface area (Å²) in [6, 6.07) is 11.4. The van der Waals surface area contributed by atoms with E-state index in [9.17, 15) is 8.42 Å². The van der Waals surface area contributed by atoms with E-state index in [0.29, 0.717) is 10.7 Å². The number of sulfonamides is 1. The second-order valence-electron chi connectivity index (χ2n) is 4.48. The topological polar surface area (TPSA) is 59.1 Å². The van der Waals surface area contributed by atoms with Gasteiger partial charge in [-0.15, -0.1) is 11.3 Å². The molecular weight excluding hydrogens is 328 g/mol. The quantitative estimate of drug-likeness (QED) is 0.783. The number of hydrogen-bond donors (Lipinski definition) is 1. The normalized spacial score (nSPS) is 11.7. The predicted molar refractivity (Wildman–Crippen MR) is 86.6 cm³/mol. The van der Waals surface area contributed by atoms with Crippen molar-refractivity contribution in [1.82, 2.24) is 4.98 Å². The Hall–Kier alpha value is -1.63. The van der Waals surface area contributed by atoms with Gasteiger partial charge in [-0.05, 0) is 43.3 Å². The minimum atomic E-state index is -3.65. The summed E-state index contributed by atoms with van der Waals surface area (Å²) in [5.74, 6) is 0. The number of hydrogen-bond acceptors (Lipinski definition) is 4. The van der Waals surface area contributed by atoms with Crippen molar-refractivity contribution in [3.05, 3.63) is 52.5 Å². The highest BCUT2D eigenvalue weighted by Crippen LogP contribution is 2.26. The molecule has 0 fully saturated rings. The average Bonchev–Trinajstić information content (AvgIpc) is 2.77. The molecule has 0 radical (unpaired) electrons. The largest absolute Gasteiger partial charge is 0.280 e. The van der Waals surface area contributed by atoms with Crippen LogP contribution in [0.5, 0.6) is 0 Å². The van der Waals surface area contributed by atoms with E-state index in [1.807, 2.05) is 6.92 Å². The number of thiazole rings is 1. The van der Waals surface area contributed by atoms with Crippen molar-refractivity contribution in [2.75, 3.05) is 4.72 Å². The van der Waals surface area contributed by atoms with Crippen LogP contribution < -0.4 is 4.72 Å². The number of rotatable bonds is 3. The van der Waals surface area contributed by atoms with Gasteiger partial charge in [0, 0.05) is 5.02 Å². The summed E-state index contributed by atoms with van der Waals surface area (Å²) in [7, 11) is -3.65. The molecule has 108 valence electrons. The molecule has 1 N–H and O–H groups in total. The van der Waals surface area contributed by atoms with Gasteiger partial charge in [-0.3, -0.25) is 4.72 Å². The van der Waals surface area contributed by atoms with Gasteiger partial charge in [0.15, 0.2) is 0 Å². The Morgan fingerprint density at radius 2 is 2.00 bits per heavy atom. The average molecular weight is 339 g/mol. The maximum absolute atomic E-state index is 12.3. The van der Waals surface area contributed by atoms with Gasteiger partial charge in [-0.1, -0.05) is 17.7 Å². The third kappa shape index (κ3) is 3.02. The maximum Gasteiger partial charge on any atom is 0.261 e. The first kappa shape index (κ1) is 14.3. The van der Waals surface area contributed by atoms with Crippen molar-refractivity contribution in [1.29, 1.82) is 0 Å². The minimum absolute atomic E-state index is 0.135. The van der Waals surface area contributed by atoms with E-state index in [1.54, 1.807) is 30.3 Å². The summed E-state index contributed by atoms with van der Waals surface area (Å²) in [4.78, 5) is 4.48. The Labute approximate surface area is 131 Å². The molecule has 21 heavy (non-hydrogen) atoms. The summed E-state index contributed by atoms with van der Waals surface area (Å²) in [5, 5.41) is 1.33. The first-order chi connectivity index (χ1) is 9.94. The lowest BCUT2D eigenvalue weighted by Gasteiger charge is -2.08. The molecule has 0 atom stereocenters. The van der Waals surface area contributed by atoms with Crippen LogP contribution >= 0.6 is 22.9 Å². The van der Waals surface area contributed by atoms with E-state index in [2.05, 4.69) is 9.71 Å². The van der Waals surface area contributed by atoms with Crippen LogP contribution in [0.4, 0.5) is 5.69 Å². The van der Waals surface area contributed by atoms with Crippen LogP contribution in [0.1, 0.15) is 5.01 Å². The first-order valence-electron chi connectivity index (χ1n) is 6.10. The Balaban J connectivity index is 1.96. The summed E-state index contributed by atoms with van der Waals surface area (Å²) >= 11 is 7.36. The van der Waals surface area contributed by atoms with Crippen LogP contribution in [-0.4, -0.2) is 13.4 Å². The van der Waals surface area contributed by atoms with Crippen LogP contribution in [0.15, 0.2) is 47.4 Å². The lowest BCUT2D eigenvalue weighted by molar-refractivity contribution is 0.601. The molecule has 1 heterocycles. The number of halogens is 1. The van der Waals surface area contributed by atoms with Crippen LogP contribution in [0, 0.1) is 6.92 Å². The van der Waals surface area contributed by atoms with Gasteiger partial charge in [0.2, 0.25) is 0 Å². The monoisotopic (exact) mass is 338 g/mol. The number of aryl methyl sites for hydroxylation is 1. The summed E-state index contributed by atoms with van der Waals surface area (Å²) in [5.41, 5.74) is 1.37. The number of fused-ring (bicyclic) bond motifs is 1. The lowest BCUT2D eigenvalue weighted by atomic mass is 10.3. The number of aromatic nitrogens is 1. The lowest BCUT2D eigenvalue weighted by Crippen LogP contribution is -2.12. The van der Waals surface area contributed by atoms with E-state index in [-0.39, 0.29) is 4.90 Å². The van der Waals surface area contributed by atoms with Gasteiger partial charge in [-0.2, -0.15) is 0 Å². The van der Waals surface area contributed by atoms with Gasteiger partial charge in [0.25, 0.3) is 10.0 Å². The Bertz CT molecular complexity index is 920. The fraction of sp³-hybridized carbons (Fsp3) is 0.0714. The van der Waals surface area contributed by atoms with E-state index < -0.39 is 10.0 Å². The van der Waals surface area contributed by atoms with E-state index >= 15 is 0 Å². The van der Waals surface area contributed by atoms with Gasteiger partial charge < -0.3 is 0 Å². The Kier molecular flexibility index (Phi) is 3.61. The molecule has 0 aliphatic carbocycles. The zero-order chi connectivity index (χ0) is 15.0. The smallest absolute Gasteiger partial charge is 0.261 e. The van der Waals surface area contributed by atoms with E-state index in [4.69, 9.17) is 11.6 Å². The second kappa shape index (κ2) is 5.29. The van der Waals surface area contributed by atoms with Crippen molar-refractivity contribution in [2.24, 2.45) is 0 Å².